The van der Waals surface area contributed by atoms with Gasteiger partial charge in [-0.25, -0.2) is 12.8 Å². The van der Waals surface area contributed by atoms with E-state index in [1.165, 1.54) is 37.4 Å². The van der Waals surface area contributed by atoms with Gasteiger partial charge in [0.1, 0.15) is 23.9 Å². The van der Waals surface area contributed by atoms with E-state index in [4.69, 9.17) is 14.2 Å². The molecule has 0 fully saturated rings. The molecule has 0 spiro atoms. The summed E-state index contributed by atoms with van der Waals surface area (Å²) in [4.78, 5) is 17.3. The van der Waals surface area contributed by atoms with Crippen molar-refractivity contribution in [3.05, 3.63) is 83.7 Å². The van der Waals surface area contributed by atoms with E-state index in [1.807, 2.05) is 13.0 Å². The predicted molar refractivity (Wildman–Crippen MR) is 159 cm³/mol. The lowest BCUT2D eigenvalue weighted by Crippen LogP contribution is -2.46. The first-order valence-corrected chi connectivity index (χ1v) is 15.2. The van der Waals surface area contributed by atoms with E-state index < -0.39 is 10.0 Å². The van der Waals surface area contributed by atoms with Crippen molar-refractivity contribution in [2.45, 2.75) is 37.4 Å². The number of benzene rings is 3. The molecule has 42 heavy (non-hydrogen) atoms. The van der Waals surface area contributed by atoms with Crippen LogP contribution in [0.15, 0.2) is 71.6 Å². The Bertz CT molecular complexity index is 1500. The van der Waals surface area contributed by atoms with E-state index in [9.17, 15) is 17.6 Å². The molecule has 4 rings (SSSR count). The van der Waals surface area contributed by atoms with E-state index in [0.29, 0.717) is 30.9 Å². The molecule has 1 aliphatic heterocycles. The Kier molecular flexibility index (Phi) is 10.1. The van der Waals surface area contributed by atoms with E-state index in [-0.39, 0.29) is 58.3 Å². The summed E-state index contributed by atoms with van der Waals surface area (Å²) in [6.45, 7) is 5.46. The lowest BCUT2D eigenvalue weighted by Gasteiger charge is -2.36. The number of carbonyl (C=O) groups is 1. The highest BCUT2D eigenvalue weighted by molar-refractivity contribution is 7.92. The normalized spacial score (nSPS) is 20.6. The number of anilines is 1. The van der Waals surface area contributed by atoms with Crippen molar-refractivity contribution in [2.75, 3.05) is 45.7 Å². The second-order valence-electron chi connectivity index (χ2n) is 10.6. The van der Waals surface area contributed by atoms with Gasteiger partial charge >= 0.3 is 0 Å². The van der Waals surface area contributed by atoms with Gasteiger partial charge in [0.25, 0.3) is 15.9 Å². The van der Waals surface area contributed by atoms with Crippen molar-refractivity contribution in [3.8, 4) is 11.5 Å². The number of methoxy groups -OCH3 is 2. The van der Waals surface area contributed by atoms with Crippen LogP contribution >= 0.6 is 0 Å². The fraction of sp³-hybridized carbons (Fsp3) is 0.387. The molecule has 3 atom stereocenters. The molecule has 1 heterocycles. The number of nitrogens with zero attached hydrogens (tertiary/aromatic N) is 2. The van der Waals surface area contributed by atoms with Gasteiger partial charge in [-0.3, -0.25) is 14.4 Å². The van der Waals surface area contributed by atoms with Gasteiger partial charge in [0.2, 0.25) is 0 Å². The van der Waals surface area contributed by atoms with Crippen molar-refractivity contribution >= 4 is 21.6 Å². The zero-order valence-corrected chi connectivity index (χ0v) is 25.4. The summed E-state index contributed by atoms with van der Waals surface area (Å²) >= 11 is 0. The number of sulfonamides is 1. The third-order valence-electron chi connectivity index (χ3n) is 7.51. The number of nitrogens with one attached hydrogen (secondary N) is 1. The summed E-state index contributed by atoms with van der Waals surface area (Å²) in [7, 11) is 0.817. The monoisotopic (exact) mass is 599 g/mol. The number of rotatable bonds is 7. The Labute approximate surface area is 247 Å². The molecule has 226 valence electrons. The van der Waals surface area contributed by atoms with Crippen LogP contribution in [0.25, 0.3) is 0 Å². The van der Waals surface area contributed by atoms with Gasteiger partial charge < -0.3 is 19.1 Å². The standard InChI is InChI=1S/C31H38FN3O6S/c1-21-17-35(18-23-9-6-7-12-28(23)32)22(2)20-41-29-15-24(13-14-27(29)31(36)34(3)19-30(21)40-5)33-42(37,38)26-11-8-10-25(16-26)39-4/h6-16,21-22,30,33H,17-20H2,1-5H3/t21-,22-,30+/m0/s1. The average molecular weight is 600 g/mol. The predicted octanol–water partition coefficient (Wildman–Crippen LogP) is 4.64. The topological polar surface area (TPSA) is 97.4 Å². The van der Waals surface area contributed by atoms with Crippen LogP contribution in [0.1, 0.15) is 29.8 Å². The van der Waals surface area contributed by atoms with E-state index in [2.05, 4.69) is 16.5 Å². The van der Waals surface area contributed by atoms with Crippen LogP contribution in [0.5, 0.6) is 11.5 Å². The van der Waals surface area contributed by atoms with Crippen LogP contribution in [-0.2, 0) is 21.3 Å². The molecule has 1 aliphatic rings. The summed E-state index contributed by atoms with van der Waals surface area (Å²) in [5.41, 5.74) is 1.09. The van der Waals surface area contributed by atoms with Crippen LogP contribution in [-0.4, -0.2) is 77.2 Å². The highest BCUT2D eigenvalue weighted by Crippen LogP contribution is 2.29. The summed E-state index contributed by atoms with van der Waals surface area (Å²) in [5, 5.41) is 0. The largest absolute Gasteiger partial charge is 0.497 e. The molecule has 1 N–H and O–H groups in total. The molecule has 0 aromatic heterocycles. The maximum atomic E-state index is 14.6. The number of hydrogen-bond acceptors (Lipinski definition) is 7. The van der Waals surface area contributed by atoms with Crippen molar-refractivity contribution in [1.82, 2.24) is 9.80 Å². The molecule has 0 unspecified atom stereocenters. The molecule has 9 nitrogen and oxygen atoms in total. The molecular weight excluding hydrogens is 561 g/mol. The third-order valence-corrected chi connectivity index (χ3v) is 8.89. The van der Waals surface area contributed by atoms with Crippen molar-refractivity contribution in [2.24, 2.45) is 5.92 Å². The van der Waals surface area contributed by atoms with Crippen LogP contribution in [0, 0.1) is 11.7 Å². The Morgan fingerprint density at radius 3 is 2.50 bits per heavy atom. The quantitative estimate of drug-likeness (QED) is 0.423. The highest BCUT2D eigenvalue weighted by Gasteiger charge is 2.29. The minimum atomic E-state index is -3.95. The van der Waals surface area contributed by atoms with Crippen LogP contribution in [0.2, 0.25) is 0 Å². The molecule has 0 saturated heterocycles. The zero-order chi connectivity index (χ0) is 30.4. The molecule has 0 saturated carbocycles. The summed E-state index contributed by atoms with van der Waals surface area (Å²) < 4.78 is 60.6. The van der Waals surface area contributed by atoms with Gasteiger partial charge in [-0.1, -0.05) is 31.2 Å². The van der Waals surface area contributed by atoms with Crippen LogP contribution in [0.4, 0.5) is 10.1 Å². The summed E-state index contributed by atoms with van der Waals surface area (Å²) in [5.74, 6) is 0.101. The Morgan fingerprint density at radius 2 is 1.79 bits per heavy atom. The van der Waals surface area contributed by atoms with Crippen LogP contribution < -0.4 is 14.2 Å². The number of ether oxygens (including phenoxy) is 3. The van der Waals surface area contributed by atoms with Gasteiger partial charge in [0, 0.05) is 57.5 Å². The first-order valence-electron chi connectivity index (χ1n) is 13.7. The van der Waals surface area contributed by atoms with Gasteiger partial charge in [0.05, 0.1) is 29.4 Å². The van der Waals surface area contributed by atoms with Crippen LogP contribution in [0.3, 0.4) is 0 Å². The molecule has 0 aliphatic carbocycles. The van der Waals surface area contributed by atoms with Crippen molar-refractivity contribution < 1.29 is 31.8 Å². The molecular formula is C31H38FN3O6S. The van der Waals surface area contributed by atoms with Crippen molar-refractivity contribution in [1.29, 1.82) is 0 Å². The third kappa shape index (κ3) is 7.39. The summed E-state index contributed by atoms with van der Waals surface area (Å²) in [6.07, 6.45) is -0.271. The molecule has 1 amide bonds. The SMILES string of the molecule is COc1cccc(S(=O)(=O)Nc2ccc3c(c2)OC[C@H](C)N(Cc2ccccc2F)C[C@H](C)[C@H](OC)CN(C)C3=O)c1. The lowest BCUT2D eigenvalue weighted by atomic mass is 10.0. The van der Waals surface area contributed by atoms with Gasteiger partial charge in [-0.15, -0.1) is 0 Å². The molecule has 0 radical (unpaired) electrons. The number of carbonyl (C=O) groups excluding carboxylic acids is 1. The van der Waals surface area contributed by atoms with Crippen molar-refractivity contribution in [3.63, 3.8) is 0 Å². The lowest BCUT2D eigenvalue weighted by molar-refractivity contribution is 0.00904. The number of likely N-dealkylation sites (N-methyl/N-ethyl adjacent to an activating group) is 1. The number of amides is 1. The summed E-state index contributed by atoms with van der Waals surface area (Å²) in [6, 6.07) is 17.2. The maximum Gasteiger partial charge on any atom is 0.262 e. The minimum Gasteiger partial charge on any atom is -0.497 e. The molecule has 0 bridgehead atoms. The average Bonchev–Trinajstić information content (AvgIpc) is 2.98. The Morgan fingerprint density at radius 1 is 1.02 bits per heavy atom. The van der Waals surface area contributed by atoms with Gasteiger partial charge in [-0.2, -0.15) is 0 Å². The number of halogens is 1. The van der Waals surface area contributed by atoms with Gasteiger partial charge in [0.15, 0.2) is 0 Å². The van der Waals surface area contributed by atoms with E-state index >= 15 is 0 Å². The van der Waals surface area contributed by atoms with E-state index in [1.54, 1.807) is 49.4 Å². The second kappa shape index (κ2) is 13.5. The number of hydrogen-bond donors (Lipinski definition) is 1. The Hall–Kier alpha value is -3.67. The molecule has 3 aromatic rings. The first kappa shape index (κ1) is 31.3. The Balaban J connectivity index is 1.67. The zero-order valence-electron chi connectivity index (χ0n) is 24.5. The molecule has 11 heteroatoms. The smallest absolute Gasteiger partial charge is 0.262 e. The first-order chi connectivity index (χ1) is 20.0. The van der Waals surface area contributed by atoms with E-state index in [0.717, 1.165) is 0 Å². The highest BCUT2D eigenvalue weighted by atomic mass is 32.2. The fourth-order valence-corrected chi connectivity index (χ4v) is 6.04. The number of fused-ring (bicyclic) bond motifs is 1. The minimum absolute atomic E-state index is 0.0202. The van der Waals surface area contributed by atoms with Gasteiger partial charge in [-0.05, 0) is 43.2 Å². The fourth-order valence-electron chi connectivity index (χ4n) is 4.96. The molecule has 3 aromatic carbocycles. The maximum absolute atomic E-state index is 14.6. The second-order valence-corrected chi connectivity index (χ2v) is 12.3.